The van der Waals surface area contributed by atoms with E-state index in [-0.39, 0.29) is 6.09 Å². The minimum Gasteiger partial charge on any atom is -0.494 e. The average Bonchev–Trinajstić information content (AvgIpc) is 2.66. The van der Waals surface area contributed by atoms with Crippen LogP contribution in [-0.4, -0.2) is 67.8 Å². The number of piperazine rings is 1. The van der Waals surface area contributed by atoms with Gasteiger partial charge in [0, 0.05) is 32.7 Å². The Balaban J connectivity index is 1.97. The zero-order valence-corrected chi connectivity index (χ0v) is 16.0. The summed E-state index contributed by atoms with van der Waals surface area (Å²) in [5.41, 5.74) is 1.11. The van der Waals surface area contributed by atoms with Crippen molar-refractivity contribution in [3.05, 3.63) is 29.8 Å². The standard InChI is InChI=1S/C19H30N4O3/c1-4-20-18(21-15-16-8-7-9-17(14-16)25-5-2)22-10-12-23(13-11-22)19(24)26-6-3/h7-9,14H,4-6,10-13,15H2,1-3H3,(H,20,21). The molecule has 7 nitrogen and oxygen atoms in total. The molecule has 0 bridgehead atoms. The third-order valence-corrected chi connectivity index (χ3v) is 4.06. The molecule has 1 saturated heterocycles. The van der Waals surface area contributed by atoms with E-state index in [1.165, 1.54) is 0 Å². The van der Waals surface area contributed by atoms with Gasteiger partial charge in [0.1, 0.15) is 5.75 Å². The van der Waals surface area contributed by atoms with Gasteiger partial charge >= 0.3 is 6.09 Å². The molecule has 1 aromatic rings. The summed E-state index contributed by atoms with van der Waals surface area (Å²) < 4.78 is 10.6. The van der Waals surface area contributed by atoms with E-state index < -0.39 is 0 Å². The fourth-order valence-electron chi connectivity index (χ4n) is 2.81. The van der Waals surface area contributed by atoms with E-state index in [0.717, 1.165) is 36.9 Å². The number of nitrogens with zero attached hydrogens (tertiary/aromatic N) is 3. The first-order valence-electron chi connectivity index (χ1n) is 9.34. The molecule has 0 unspecified atom stereocenters. The van der Waals surface area contributed by atoms with Gasteiger partial charge in [-0.3, -0.25) is 0 Å². The van der Waals surface area contributed by atoms with Gasteiger partial charge in [-0.25, -0.2) is 9.79 Å². The number of nitrogens with one attached hydrogen (secondary N) is 1. The van der Waals surface area contributed by atoms with Gasteiger partial charge in [-0.2, -0.15) is 0 Å². The Bertz CT molecular complexity index is 598. The average molecular weight is 362 g/mol. The Kier molecular flexibility index (Phi) is 8.05. The van der Waals surface area contributed by atoms with E-state index in [0.29, 0.717) is 32.8 Å². The van der Waals surface area contributed by atoms with E-state index in [4.69, 9.17) is 14.5 Å². The lowest BCUT2D eigenvalue weighted by Gasteiger charge is -2.35. The highest BCUT2D eigenvalue weighted by Gasteiger charge is 2.23. The molecule has 0 atom stereocenters. The molecule has 26 heavy (non-hydrogen) atoms. The van der Waals surface area contributed by atoms with E-state index >= 15 is 0 Å². The van der Waals surface area contributed by atoms with Crippen LogP contribution in [0.3, 0.4) is 0 Å². The Hall–Kier alpha value is -2.44. The predicted molar refractivity (Wildman–Crippen MR) is 103 cm³/mol. The molecule has 0 aliphatic carbocycles. The molecule has 1 heterocycles. The maximum Gasteiger partial charge on any atom is 0.409 e. The first-order valence-corrected chi connectivity index (χ1v) is 9.34. The van der Waals surface area contributed by atoms with E-state index in [9.17, 15) is 4.79 Å². The van der Waals surface area contributed by atoms with Crippen molar-refractivity contribution < 1.29 is 14.3 Å². The normalized spacial score (nSPS) is 15.0. The highest BCUT2D eigenvalue weighted by Crippen LogP contribution is 2.14. The maximum atomic E-state index is 11.8. The van der Waals surface area contributed by atoms with Gasteiger partial charge in [-0.05, 0) is 38.5 Å². The number of benzene rings is 1. The summed E-state index contributed by atoms with van der Waals surface area (Å²) >= 11 is 0. The maximum absolute atomic E-state index is 11.8. The third kappa shape index (κ3) is 5.82. The van der Waals surface area contributed by atoms with Gasteiger partial charge in [-0.1, -0.05) is 12.1 Å². The predicted octanol–water partition coefficient (Wildman–Crippen LogP) is 2.32. The topological polar surface area (TPSA) is 66.4 Å². The lowest BCUT2D eigenvalue weighted by atomic mass is 10.2. The lowest BCUT2D eigenvalue weighted by Crippen LogP contribution is -2.53. The van der Waals surface area contributed by atoms with Gasteiger partial charge in [0.2, 0.25) is 0 Å². The monoisotopic (exact) mass is 362 g/mol. The molecule has 0 spiro atoms. The number of rotatable bonds is 6. The van der Waals surface area contributed by atoms with Crippen LogP contribution >= 0.6 is 0 Å². The molecule has 7 heteroatoms. The summed E-state index contributed by atoms with van der Waals surface area (Å²) in [5, 5.41) is 3.34. The summed E-state index contributed by atoms with van der Waals surface area (Å²) in [6.07, 6.45) is -0.234. The second-order valence-electron chi connectivity index (χ2n) is 5.92. The van der Waals surface area contributed by atoms with Crippen LogP contribution in [0.5, 0.6) is 5.75 Å². The largest absolute Gasteiger partial charge is 0.494 e. The molecule has 1 N–H and O–H groups in total. The van der Waals surface area contributed by atoms with Crippen LogP contribution in [0.4, 0.5) is 4.79 Å². The fraction of sp³-hybridized carbons (Fsp3) is 0.579. The van der Waals surface area contributed by atoms with Crippen LogP contribution in [0, 0.1) is 0 Å². The Morgan fingerprint density at radius 1 is 1.12 bits per heavy atom. The second-order valence-corrected chi connectivity index (χ2v) is 5.92. The second kappa shape index (κ2) is 10.5. The van der Waals surface area contributed by atoms with E-state index in [2.05, 4.69) is 17.1 Å². The van der Waals surface area contributed by atoms with Crippen molar-refractivity contribution in [3.63, 3.8) is 0 Å². The number of hydrogen-bond acceptors (Lipinski definition) is 4. The number of hydrogen-bond donors (Lipinski definition) is 1. The van der Waals surface area contributed by atoms with Crippen LogP contribution < -0.4 is 10.1 Å². The highest BCUT2D eigenvalue weighted by molar-refractivity contribution is 5.80. The van der Waals surface area contributed by atoms with Gasteiger partial charge in [-0.15, -0.1) is 0 Å². The summed E-state index contributed by atoms with van der Waals surface area (Å²) in [6, 6.07) is 8.01. The molecule has 1 fully saturated rings. The molecule has 2 rings (SSSR count). The molecular weight excluding hydrogens is 332 g/mol. The smallest absolute Gasteiger partial charge is 0.409 e. The van der Waals surface area contributed by atoms with Crippen molar-refractivity contribution in [2.75, 3.05) is 45.9 Å². The minimum absolute atomic E-state index is 0.234. The molecule has 1 aliphatic heterocycles. The zero-order chi connectivity index (χ0) is 18.8. The molecule has 1 aliphatic rings. The summed E-state index contributed by atoms with van der Waals surface area (Å²) in [5.74, 6) is 1.74. The fourth-order valence-corrected chi connectivity index (χ4v) is 2.81. The van der Waals surface area contributed by atoms with E-state index in [1.807, 2.05) is 38.1 Å². The molecule has 1 amide bonds. The Morgan fingerprint density at radius 2 is 1.85 bits per heavy atom. The van der Waals surface area contributed by atoms with Crippen molar-refractivity contribution in [1.29, 1.82) is 0 Å². The van der Waals surface area contributed by atoms with Crippen LogP contribution in [0.2, 0.25) is 0 Å². The number of guanidine groups is 1. The van der Waals surface area contributed by atoms with Gasteiger partial charge < -0.3 is 24.6 Å². The molecule has 144 valence electrons. The van der Waals surface area contributed by atoms with Gasteiger partial charge in [0.05, 0.1) is 19.8 Å². The zero-order valence-electron chi connectivity index (χ0n) is 16.0. The van der Waals surface area contributed by atoms with Crippen molar-refractivity contribution >= 4 is 12.1 Å². The van der Waals surface area contributed by atoms with Crippen molar-refractivity contribution in [2.24, 2.45) is 4.99 Å². The van der Waals surface area contributed by atoms with Gasteiger partial charge in [0.15, 0.2) is 5.96 Å². The summed E-state index contributed by atoms with van der Waals surface area (Å²) in [6.45, 7) is 11.1. The number of carbonyl (C=O) groups excluding carboxylic acids is 1. The van der Waals surface area contributed by atoms with Gasteiger partial charge in [0.25, 0.3) is 0 Å². The molecule has 0 aromatic heterocycles. The van der Waals surface area contributed by atoms with Crippen molar-refractivity contribution in [1.82, 2.24) is 15.1 Å². The number of aliphatic imine (C=N–C) groups is 1. The van der Waals surface area contributed by atoms with Crippen LogP contribution in [-0.2, 0) is 11.3 Å². The quantitative estimate of drug-likeness (QED) is 0.621. The number of carbonyl (C=O) groups is 1. The Labute approximate surface area is 156 Å². The number of ether oxygens (including phenoxy) is 2. The van der Waals surface area contributed by atoms with E-state index in [1.54, 1.807) is 4.90 Å². The summed E-state index contributed by atoms with van der Waals surface area (Å²) in [4.78, 5) is 20.5. The van der Waals surface area contributed by atoms with Crippen LogP contribution in [0.1, 0.15) is 26.3 Å². The lowest BCUT2D eigenvalue weighted by molar-refractivity contribution is 0.0914. The first kappa shape index (κ1) is 19.9. The Morgan fingerprint density at radius 3 is 2.50 bits per heavy atom. The summed E-state index contributed by atoms with van der Waals surface area (Å²) in [7, 11) is 0. The highest BCUT2D eigenvalue weighted by atomic mass is 16.6. The van der Waals surface area contributed by atoms with Crippen molar-refractivity contribution in [3.8, 4) is 5.75 Å². The minimum atomic E-state index is -0.234. The first-order chi connectivity index (χ1) is 12.7. The van der Waals surface area contributed by atoms with Crippen LogP contribution in [0.25, 0.3) is 0 Å². The number of amides is 1. The molecule has 0 radical (unpaired) electrons. The molecular formula is C19H30N4O3. The molecule has 0 saturated carbocycles. The SMILES string of the molecule is CCNC(=NCc1cccc(OCC)c1)N1CCN(C(=O)OCC)CC1. The molecule has 1 aromatic carbocycles. The van der Waals surface area contributed by atoms with Crippen LogP contribution in [0.15, 0.2) is 29.3 Å². The van der Waals surface area contributed by atoms with Crippen molar-refractivity contribution in [2.45, 2.75) is 27.3 Å². The third-order valence-electron chi connectivity index (χ3n) is 4.06.